The molecule has 178 valence electrons. The minimum atomic E-state index is -0.876. The Balaban J connectivity index is 1.47. The van der Waals surface area contributed by atoms with E-state index in [2.05, 4.69) is 17.0 Å². The van der Waals surface area contributed by atoms with Gasteiger partial charge in [-0.3, -0.25) is 9.69 Å². The molecule has 0 spiro atoms. The van der Waals surface area contributed by atoms with Crippen LogP contribution in [-0.2, 0) is 29.6 Å². The first-order valence-corrected chi connectivity index (χ1v) is 11.4. The fourth-order valence-electron chi connectivity index (χ4n) is 5.49. The van der Waals surface area contributed by atoms with Crippen molar-refractivity contribution in [1.29, 1.82) is 0 Å². The highest BCUT2D eigenvalue weighted by Gasteiger charge is 2.46. The second kappa shape index (κ2) is 9.51. The summed E-state index contributed by atoms with van der Waals surface area (Å²) in [6.07, 6.45) is 3.62. The summed E-state index contributed by atoms with van der Waals surface area (Å²) in [5.41, 5.74) is 3.49. The summed E-state index contributed by atoms with van der Waals surface area (Å²) < 4.78 is 21.9. The van der Waals surface area contributed by atoms with Crippen molar-refractivity contribution in [2.45, 2.75) is 44.1 Å². The monoisotopic (exact) mass is 455 g/mol. The van der Waals surface area contributed by atoms with Crippen LogP contribution in [0.4, 0.5) is 0 Å². The maximum Gasteiger partial charge on any atom is 0.314 e. The Labute approximate surface area is 195 Å². The normalized spacial score (nSPS) is 19.5. The molecule has 1 heterocycles. The lowest BCUT2D eigenvalue weighted by Crippen LogP contribution is -2.36. The smallest absolute Gasteiger partial charge is 0.314 e. The SMILES string of the molecule is COc1cc2c(cc1OC)CN(CCCC1(C(=O)O)CCc3c1ccc(OC)c3OC)CC2. The standard InChI is InChI=1S/C26H33NO6/c1-30-21-7-6-20-19(24(21)33-4)8-11-26(20,25(28)29)10-5-12-27-13-9-17-14-22(31-2)23(32-3)15-18(17)16-27/h6-7,14-15H,5,8-13,16H2,1-4H3,(H,28,29). The summed E-state index contributed by atoms with van der Waals surface area (Å²) in [6, 6.07) is 7.87. The Morgan fingerprint density at radius 3 is 2.30 bits per heavy atom. The van der Waals surface area contributed by atoms with Crippen LogP contribution in [0, 0.1) is 0 Å². The zero-order valence-electron chi connectivity index (χ0n) is 19.9. The molecule has 7 nitrogen and oxygen atoms in total. The van der Waals surface area contributed by atoms with Crippen LogP contribution in [0.2, 0.25) is 0 Å². The Kier molecular flexibility index (Phi) is 6.70. The maximum atomic E-state index is 12.5. The highest BCUT2D eigenvalue weighted by atomic mass is 16.5. The van der Waals surface area contributed by atoms with E-state index < -0.39 is 11.4 Å². The Morgan fingerprint density at radius 2 is 1.67 bits per heavy atom. The highest BCUT2D eigenvalue weighted by molar-refractivity contribution is 5.84. The van der Waals surface area contributed by atoms with Gasteiger partial charge in [0.15, 0.2) is 23.0 Å². The number of nitrogens with zero attached hydrogens (tertiary/aromatic N) is 1. The highest BCUT2D eigenvalue weighted by Crippen LogP contribution is 2.49. The van der Waals surface area contributed by atoms with Crippen LogP contribution in [0.1, 0.15) is 41.5 Å². The lowest BCUT2D eigenvalue weighted by atomic mass is 9.77. The average Bonchev–Trinajstić information content (AvgIpc) is 3.22. The van der Waals surface area contributed by atoms with E-state index in [-0.39, 0.29) is 0 Å². The van der Waals surface area contributed by atoms with Crippen LogP contribution in [0.3, 0.4) is 0 Å². The first kappa shape index (κ1) is 23.2. The Morgan fingerprint density at radius 1 is 0.970 bits per heavy atom. The zero-order valence-corrected chi connectivity index (χ0v) is 19.9. The number of carbonyl (C=O) groups is 1. The fourth-order valence-corrected chi connectivity index (χ4v) is 5.49. The van der Waals surface area contributed by atoms with E-state index in [1.54, 1.807) is 28.4 Å². The van der Waals surface area contributed by atoms with Crippen LogP contribution in [-0.4, -0.2) is 57.5 Å². The number of carboxylic acid groups (broad SMARTS) is 1. The van der Waals surface area contributed by atoms with E-state index in [1.807, 2.05) is 12.1 Å². The van der Waals surface area contributed by atoms with Crippen molar-refractivity contribution < 1.29 is 28.8 Å². The number of ether oxygens (including phenoxy) is 4. The van der Waals surface area contributed by atoms with Crippen LogP contribution in [0.5, 0.6) is 23.0 Å². The molecule has 1 N–H and O–H groups in total. The van der Waals surface area contributed by atoms with Gasteiger partial charge in [-0.1, -0.05) is 6.07 Å². The van der Waals surface area contributed by atoms with Gasteiger partial charge in [0.2, 0.25) is 0 Å². The molecule has 2 aliphatic rings. The molecule has 0 amide bonds. The number of fused-ring (bicyclic) bond motifs is 2. The van der Waals surface area contributed by atoms with Crippen molar-refractivity contribution in [3.63, 3.8) is 0 Å². The summed E-state index contributed by atoms with van der Waals surface area (Å²) in [7, 11) is 6.52. The van der Waals surface area contributed by atoms with Gasteiger partial charge < -0.3 is 24.1 Å². The van der Waals surface area contributed by atoms with Gasteiger partial charge in [0.25, 0.3) is 0 Å². The van der Waals surface area contributed by atoms with Crippen molar-refractivity contribution in [2.24, 2.45) is 0 Å². The van der Waals surface area contributed by atoms with Gasteiger partial charge in [0.1, 0.15) is 0 Å². The number of carboxylic acids is 1. The molecule has 7 heteroatoms. The largest absolute Gasteiger partial charge is 0.493 e. The third-order valence-corrected chi connectivity index (χ3v) is 7.25. The molecule has 0 saturated carbocycles. The van der Waals surface area contributed by atoms with Crippen molar-refractivity contribution in [2.75, 3.05) is 41.5 Å². The van der Waals surface area contributed by atoms with Crippen molar-refractivity contribution in [3.8, 4) is 23.0 Å². The summed E-state index contributed by atoms with van der Waals surface area (Å²) in [4.78, 5) is 14.9. The first-order valence-electron chi connectivity index (χ1n) is 11.4. The molecular weight excluding hydrogens is 422 g/mol. The van der Waals surface area contributed by atoms with Gasteiger partial charge in [0, 0.05) is 18.7 Å². The van der Waals surface area contributed by atoms with Crippen LogP contribution >= 0.6 is 0 Å². The number of hydrogen-bond acceptors (Lipinski definition) is 6. The number of hydrogen-bond donors (Lipinski definition) is 1. The van der Waals surface area contributed by atoms with Gasteiger partial charge in [-0.05, 0) is 73.5 Å². The molecule has 0 radical (unpaired) electrons. The molecular formula is C26H33NO6. The van der Waals surface area contributed by atoms with Crippen LogP contribution in [0.15, 0.2) is 24.3 Å². The van der Waals surface area contributed by atoms with E-state index in [9.17, 15) is 9.90 Å². The van der Waals surface area contributed by atoms with E-state index in [4.69, 9.17) is 18.9 Å². The predicted octanol–water partition coefficient (Wildman–Crippen LogP) is 3.83. The second-order valence-corrected chi connectivity index (χ2v) is 8.82. The van der Waals surface area contributed by atoms with Crippen molar-refractivity contribution in [1.82, 2.24) is 4.90 Å². The number of rotatable bonds is 9. The summed E-state index contributed by atoms with van der Waals surface area (Å²) in [6.45, 7) is 2.63. The Hall–Kier alpha value is -2.93. The second-order valence-electron chi connectivity index (χ2n) is 8.82. The molecule has 1 atom stereocenters. The fraction of sp³-hybridized carbons (Fsp3) is 0.500. The molecule has 2 aromatic carbocycles. The lowest BCUT2D eigenvalue weighted by molar-refractivity contribution is -0.144. The molecule has 0 saturated heterocycles. The summed E-state index contributed by atoms with van der Waals surface area (Å²) >= 11 is 0. The van der Waals surface area contributed by atoms with Crippen LogP contribution < -0.4 is 18.9 Å². The summed E-state index contributed by atoms with van der Waals surface area (Å²) in [5.74, 6) is 2.07. The molecule has 1 aliphatic heterocycles. The van der Waals surface area contributed by atoms with Crippen LogP contribution in [0.25, 0.3) is 0 Å². The van der Waals surface area contributed by atoms with E-state index in [0.717, 1.165) is 55.1 Å². The molecule has 0 fully saturated rings. The average molecular weight is 456 g/mol. The van der Waals surface area contributed by atoms with E-state index >= 15 is 0 Å². The maximum absolute atomic E-state index is 12.5. The molecule has 0 bridgehead atoms. The molecule has 4 rings (SSSR count). The molecule has 2 aromatic rings. The minimum absolute atomic E-state index is 0.584. The quantitative estimate of drug-likeness (QED) is 0.616. The third kappa shape index (κ3) is 4.10. The van der Waals surface area contributed by atoms with Gasteiger partial charge in [-0.15, -0.1) is 0 Å². The Bertz CT molecular complexity index is 1040. The van der Waals surface area contributed by atoms with Gasteiger partial charge in [0.05, 0.1) is 33.9 Å². The number of methoxy groups -OCH3 is 4. The topological polar surface area (TPSA) is 77.5 Å². The number of aliphatic carboxylic acids is 1. The third-order valence-electron chi connectivity index (χ3n) is 7.25. The van der Waals surface area contributed by atoms with Crippen molar-refractivity contribution >= 4 is 5.97 Å². The zero-order chi connectivity index (χ0) is 23.6. The number of benzene rings is 2. The van der Waals surface area contributed by atoms with Gasteiger partial charge in [-0.25, -0.2) is 0 Å². The summed E-state index contributed by atoms with van der Waals surface area (Å²) in [5, 5.41) is 10.3. The predicted molar refractivity (Wildman–Crippen MR) is 125 cm³/mol. The lowest BCUT2D eigenvalue weighted by Gasteiger charge is -2.31. The minimum Gasteiger partial charge on any atom is -0.493 e. The van der Waals surface area contributed by atoms with E-state index in [0.29, 0.717) is 30.8 Å². The molecule has 1 aliphatic carbocycles. The van der Waals surface area contributed by atoms with E-state index in [1.165, 1.54) is 11.1 Å². The molecule has 33 heavy (non-hydrogen) atoms. The van der Waals surface area contributed by atoms with Gasteiger partial charge >= 0.3 is 5.97 Å². The van der Waals surface area contributed by atoms with Crippen molar-refractivity contribution in [3.05, 3.63) is 46.5 Å². The van der Waals surface area contributed by atoms with Gasteiger partial charge in [-0.2, -0.15) is 0 Å². The molecule has 1 unspecified atom stereocenters. The first-order chi connectivity index (χ1) is 16.0. The molecule has 0 aromatic heterocycles.